The molecule has 16 heavy (non-hydrogen) atoms. The number of carbonyl (C=O) groups is 2. The van der Waals surface area contributed by atoms with Gasteiger partial charge in [-0.1, -0.05) is 13.8 Å². The molecule has 1 heterocycles. The van der Waals surface area contributed by atoms with Crippen LogP contribution >= 0.6 is 0 Å². The first kappa shape index (κ1) is 13.0. The monoisotopic (exact) mass is 226 g/mol. The molecule has 1 rings (SSSR count). The fourth-order valence-corrected chi connectivity index (χ4v) is 1.85. The van der Waals surface area contributed by atoms with E-state index in [0.29, 0.717) is 25.3 Å². The number of likely N-dealkylation sites (tertiary alicyclic amines) is 1. The predicted molar refractivity (Wildman–Crippen MR) is 62.8 cm³/mol. The van der Waals surface area contributed by atoms with Crippen LogP contribution in [0.5, 0.6) is 0 Å². The summed E-state index contributed by atoms with van der Waals surface area (Å²) in [4.78, 5) is 24.7. The standard InChI is InChI=1S/C12H22N2O2/c1-9(2)6-7-13-12(16)10-4-5-11(15)14(3)8-10/h9-10H,4-8H2,1-3H3,(H,13,16). The maximum absolute atomic E-state index is 11.8. The van der Waals surface area contributed by atoms with Crippen LogP contribution in [0.25, 0.3) is 0 Å². The highest BCUT2D eigenvalue weighted by molar-refractivity contribution is 5.83. The Bertz CT molecular complexity index is 264. The minimum Gasteiger partial charge on any atom is -0.356 e. The van der Waals surface area contributed by atoms with E-state index < -0.39 is 0 Å². The lowest BCUT2D eigenvalue weighted by atomic mass is 9.97. The Morgan fingerprint density at radius 3 is 2.81 bits per heavy atom. The number of nitrogens with one attached hydrogen (secondary N) is 1. The molecule has 1 unspecified atom stereocenters. The molecular weight excluding hydrogens is 204 g/mol. The van der Waals surface area contributed by atoms with Crippen molar-refractivity contribution >= 4 is 11.8 Å². The van der Waals surface area contributed by atoms with E-state index in [1.807, 2.05) is 0 Å². The molecule has 0 aromatic heterocycles. The van der Waals surface area contributed by atoms with E-state index in [4.69, 9.17) is 0 Å². The number of carbonyl (C=O) groups excluding carboxylic acids is 2. The van der Waals surface area contributed by atoms with Gasteiger partial charge in [0.05, 0.1) is 5.92 Å². The van der Waals surface area contributed by atoms with Crippen LogP contribution in [-0.2, 0) is 9.59 Å². The molecule has 0 aromatic carbocycles. The summed E-state index contributed by atoms with van der Waals surface area (Å²) in [6.07, 6.45) is 2.20. The molecule has 1 aliphatic rings. The van der Waals surface area contributed by atoms with Gasteiger partial charge in [0.25, 0.3) is 0 Å². The lowest BCUT2D eigenvalue weighted by Crippen LogP contribution is -2.44. The van der Waals surface area contributed by atoms with Crippen LogP contribution in [-0.4, -0.2) is 36.9 Å². The Kier molecular flexibility index (Phi) is 4.77. The smallest absolute Gasteiger partial charge is 0.224 e. The molecule has 0 aromatic rings. The van der Waals surface area contributed by atoms with E-state index in [1.165, 1.54) is 0 Å². The molecule has 2 amide bonds. The van der Waals surface area contributed by atoms with E-state index in [9.17, 15) is 9.59 Å². The molecule has 1 atom stereocenters. The zero-order valence-corrected chi connectivity index (χ0v) is 10.5. The third-order valence-corrected chi connectivity index (χ3v) is 3.02. The summed E-state index contributed by atoms with van der Waals surface area (Å²) in [5.74, 6) is 0.831. The second-order valence-electron chi connectivity index (χ2n) is 4.98. The molecule has 0 aliphatic carbocycles. The van der Waals surface area contributed by atoms with Crippen molar-refractivity contribution in [1.82, 2.24) is 10.2 Å². The molecule has 1 N–H and O–H groups in total. The molecule has 0 bridgehead atoms. The van der Waals surface area contributed by atoms with Gasteiger partial charge in [-0.25, -0.2) is 0 Å². The van der Waals surface area contributed by atoms with Gasteiger partial charge in [0, 0.05) is 26.6 Å². The van der Waals surface area contributed by atoms with Crippen molar-refractivity contribution in [2.24, 2.45) is 11.8 Å². The highest BCUT2D eigenvalue weighted by Gasteiger charge is 2.27. The van der Waals surface area contributed by atoms with Crippen molar-refractivity contribution in [1.29, 1.82) is 0 Å². The van der Waals surface area contributed by atoms with Crippen LogP contribution in [0.3, 0.4) is 0 Å². The van der Waals surface area contributed by atoms with Crippen LogP contribution in [0.2, 0.25) is 0 Å². The number of hydrogen-bond acceptors (Lipinski definition) is 2. The van der Waals surface area contributed by atoms with Crippen LogP contribution in [0.15, 0.2) is 0 Å². The van der Waals surface area contributed by atoms with Gasteiger partial charge < -0.3 is 10.2 Å². The SMILES string of the molecule is CC(C)CCNC(=O)C1CCC(=O)N(C)C1. The highest BCUT2D eigenvalue weighted by Crippen LogP contribution is 2.16. The Morgan fingerprint density at radius 2 is 2.25 bits per heavy atom. The van der Waals surface area contributed by atoms with Crippen LogP contribution in [0, 0.1) is 11.8 Å². The Balaban J connectivity index is 2.29. The molecule has 1 aliphatic heterocycles. The summed E-state index contributed by atoms with van der Waals surface area (Å²) in [5, 5.41) is 2.94. The molecule has 0 radical (unpaired) electrons. The largest absolute Gasteiger partial charge is 0.356 e. The third kappa shape index (κ3) is 3.83. The lowest BCUT2D eigenvalue weighted by molar-refractivity contribution is -0.136. The first-order valence-electron chi connectivity index (χ1n) is 6.02. The minimum absolute atomic E-state index is 0.0186. The Hall–Kier alpha value is -1.06. The first-order chi connectivity index (χ1) is 7.50. The van der Waals surface area contributed by atoms with Crippen molar-refractivity contribution in [3.05, 3.63) is 0 Å². The van der Waals surface area contributed by atoms with Gasteiger partial charge in [0.1, 0.15) is 0 Å². The van der Waals surface area contributed by atoms with E-state index in [-0.39, 0.29) is 17.7 Å². The molecule has 1 fully saturated rings. The summed E-state index contributed by atoms with van der Waals surface area (Å²) in [6.45, 7) is 5.58. The Morgan fingerprint density at radius 1 is 1.56 bits per heavy atom. The topological polar surface area (TPSA) is 49.4 Å². The number of hydrogen-bond donors (Lipinski definition) is 1. The van der Waals surface area contributed by atoms with E-state index in [1.54, 1.807) is 11.9 Å². The van der Waals surface area contributed by atoms with Crippen molar-refractivity contribution in [2.45, 2.75) is 33.1 Å². The van der Waals surface area contributed by atoms with Crippen molar-refractivity contribution in [2.75, 3.05) is 20.1 Å². The summed E-state index contributed by atoms with van der Waals surface area (Å²) in [5.41, 5.74) is 0. The summed E-state index contributed by atoms with van der Waals surface area (Å²) in [7, 11) is 1.76. The van der Waals surface area contributed by atoms with E-state index >= 15 is 0 Å². The second-order valence-corrected chi connectivity index (χ2v) is 4.98. The van der Waals surface area contributed by atoms with E-state index in [0.717, 1.165) is 13.0 Å². The third-order valence-electron chi connectivity index (χ3n) is 3.02. The highest BCUT2D eigenvalue weighted by atomic mass is 16.2. The van der Waals surface area contributed by atoms with Gasteiger partial charge in [0.15, 0.2) is 0 Å². The van der Waals surface area contributed by atoms with Crippen molar-refractivity contribution < 1.29 is 9.59 Å². The average molecular weight is 226 g/mol. The zero-order chi connectivity index (χ0) is 12.1. The molecule has 92 valence electrons. The number of nitrogens with zero attached hydrogens (tertiary/aromatic N) is 1. The number of rotatable bonds is 4. The van der Waals surface area contributed by atoms with E-state index in [2.05, 4.69) is 19.2 Å². The summed E-state index contributed by atoms with van der Waals surface area (Å²) in [6, 6.07) is 0. The van der Waals surface area contributed by atoms with Gasteiger partial charge in [-0.15, -0.1) is 0 Å². The maximum atomic E-state index is 11.8. The van der Waals surface area contributed by atoms with Gasteiger partial charge >= 0.3 is 0 Å². The van der Waals surface area contributed by atoms with Gasteiger partial charge in [0.2, 0.25) is 11.8 Å². The van der Waals surface area contributed by atoms with Gasteiger partial charge in [-0.05, 0) is 18.8 Å². The second kappa shape index (κ2) is 5.87. The number of amides is 2. The minimum atomic E-state index is -0.0186. The molecular formula is C12H22N2O2. The molecule has 4 heteroatoms. The van der Waals surface area contributed by atoms with Crippen molar-refractivity contribution in [3.8, 4) is 0 Å². The van der Waals surface area contributed by atoms with Crippen molar-refractivity contribution in [3.63, 3.8) is 0 Å². The van der Waals surface area contributed by atoms with Crippen LogP contribution < -0.4 is 5.32 Å². The predicted octanol–water partition coefficient (Wildman–Crippen LogP) is 1.02. The van der Waals surface area contributed by atoms with Crippen LogP contribution in [0.4, 0.5) is 0 Å². The van der Waals surface area contributed by atoms with Crippen LogP contribution in [0.1, 0.15) is 33.1 Å². The number of piperidine rings is 1. The molecule has 0 spiro atoms. The first-order valence-corrected chi connectivity index (χ1v) is 6.02. The maximum Gasteiger partial charge on any atom is 0.224 e. The molecule has 4 nitrogen and oxygen atoms in total. The zero-order valence-electron chi connectivity index (χ0n) is 10.5. The summed E-state index contributed by atoms with van der Waals surface area (Å²) < 4.78 is 0. The normalized spacial score (nSPS) is 21.4. The van der Waals surface area contributed by atoms with Gasteiger partial charge in [-0.3, -0.25) is 9.59 Å². The fraction of sp³-hybridized carbons (Fsp3) is 0.833. The van der Waals surface area contributed by atoms with Gasteiger partial charge in [-0.2, -0.15) is 0 Å². The lowest BCUT2D eigenvalue weighted by Gasteiger charge is -2.28. The Labute approximate surface area is 97.4 Å². The molecule has 1 saturated heterocycles. The fourth-order valence-electron chi connectivity index (χ4n) is 1.85. The molecule has 0 saturated carbocycles. The average Bonchev–Trinajstić information content (AvgIpc) is 2.21. The quantitative estimate of drug-likeness (QED) is 0.778. The summed E-state index contributed by atoms with van der Waals surface area (Å²) >= 11 is 0.